The molecule has 1 aliphatic heterocycles. The minimum atomic E-state index is -0.921. The van der Waals surface area contributed by atoms with Gasteiger partial charge in [-0.15, -0.1) is 0 Å². The average Bonchev–Trinajstić information content (AvgIpc) is 2.54. The van der Waals surface area contributed by atoms with Crippen LogP contribution in [0.15, 0.2) is 29.5 Å². The van der Waals surface area contributed by atoms with E-state index in [9.17, 15) is 24.8 Å². The number of hydrogen-bond acceptors (Lipinski definition) is 7. The lowest BCUT2D eigenvalue weighted by atomic mass is 9.95. The first-order valence-corrected chi connectivity index (χ1v) is 8.66. The van der Waals surface area contributed by atoms with Crippen molar-refractivity contribution in [2.45, 2.75) is 13.0 Å². The third-order valence-corrected chi connectivity index (χ3v) is 4.11. The Morgan fingerprint density at radius 3 is 2.84 bits per heavy atom. The third-order valence-electron chi connectivity index (χ3n) is 3.54. The first kappa shape index (κ1) is 18.6. The molecule has 0 saturated heterocycles. The summed E-state index contributed by atoms with van der Waals surface area (Å²) in [6.07, 6.45) is 1.87. The highest BCUT2D eigenvalue weighted by Gasteiger charge is 2.33. The number of nitro benzene ring substituents is 1. The second-order valence-electron chi connectivity index (χ2n) is 5.20. The van der Waals surface area contributed by atoms with Crippen LogP contribution < -0.4 is 10.6 Å². The summed E-state index contributed by atoms with van der Waals surface area (Å²) in [6.45, 7) is 1.75. The minimum absolute atomic E-state index is 0.153. The number of carbonyl (C=O) groups is 2. The van der Waals surface area contributed by atoms with Gasteiger partial charge in [-0.3, -0.25) is 10.1 Å². The van der Waals surface area contributed by atoms with Crippen molar-refractivity contribution >= 4 is 29.4 Å². The molecule has 0 radical (unpaired) electrons. The number of rotatable bonds is 6. The zero-order chi connectivity index (χ0) is 18.6. The molecule has 3 N–H and O–H groups in total. The molecular weight excluding hydrogens is 350 g/mol. The quantitative estimate of drug-likeness (QED) is 0.302. The number of nitrogens with one attached hydrogen (secondary N) is 2. The van der Waals surface area contributed by atoms with E-state index in [0.717, 1.165) is 12.1 Å². The zero-order valence-corrected chi connectivity index (χ0v) is 14.4. The molecule has 25 heavy (non-hydrogen) atoms. The number of allylic oxidation sites excluding steroid dienone is 1. The molecule has 2 amide bonds. The van der Waals surface area contributed by atoms with Gasteiger partial charge in [-0.1, -0.05) is 6.07 Å². The van der Waals surface area contributed by atoms with Gasteiger partial charge in [0.25, 0.3) is 0 Å². The summed E-state index contributed by atoms with van der Waals surface area (Å²) < 4.78 is 5.19. The van der Waals surface area contributed by atoms with Crippen molar-refractivity contribution < 1.29 is 24.4 Å². The fourth-order valence-corrected chi connectivity index (χ4v) is 2.63. The van der Waals surface area contributed by atoms with Crippen LogP contribution in [0.3, 0.4) is 0 Å². The van der Waals surface area contributed by atoms with E-state index in [-0.39, 0.29) is 17.7 Å². The number of nitrogens with zero attached hydrogens (tertiary/aromatic N) is 1. The molecular formula is C15H17N3O6S. The molecule has 1 aliphatic rings. The molecule has 1 heterocycles. The highest BCUT2D eigenvalue weighted by atomic mass is 32.2. The van der Waals surface area contributed by atoms with Gasteiger partial charge in [0.05, 0.1) is 16.5 Å². The topological polar surface area (TPSA) is 131 Å². The number of phenols is 1. The fraction of sp³-hybridized carbons (Fsp3) is 0.333. The summed E-state index contributed by atoms with van der Waals surface area (Å²) in [5.74, 6) is -0.508. The van der Waals surface area contributed by atoms with Crippen molar-refractivity contribution in [1.29, 1.82) is 0 Å². The monoisotopic (exact) mass is 367 g/mol. The number of carbonyl (C=O) groups excluding carboxylic acids is 2. The molecule has 0 fully saturated rings. The SMILES string of the molecule is CSCCOC(=O)C1=C(C)NC(=O)N[C@H]1c1ccc(O)c([N+](=O)[O-])c1. The third kappa shape index (κ3) is 4.21. The smallest absolute Gasteiger partial charge is 0.338 e. The Kier molecular flexibility index (Phi) is 5.86. The number of urea groups is 1. The number of phenolic OH excluding ortho intramolecular Hbond substituents is 1. The van der Waals surface area contributed by atoms with Crippen molar-refractivity contribution in [1.82, 2.24) is 10.6 Å². The minimum Gasteiger partial charge on any atom is -0.502 e. The molecule has 9 nitrogen and oxygen atoms in total. The Morgan fingerprint density at radius 1 is 1.48 bits per heavy atom. The van der Waals surface area contributed by atoms with Crippen LogP contribution in [-0.4, -0.2) is 40.6 Å². The number of aromatic hydroxyl groups is 1. The lowest BCUT2D eigenvalue weighted by molar-refractivity contribution is -0.385. The summed E-state index contributed by atoms with van der Waals surface area (Å²) >= 11 is 1.51. The zero-order valence-electron chi connectivity index (χ0n) is 13.6. The maximum atomic E-state index is 12.4. The predicted molar refractivity (Wildman–Crippen MR) is 91.2 cm³/mol. The Labute approximate surface area is 147 Å². The second kappa shape index (κ2) is 7.88. The normalized spacial score (nSPS) is 16.9. The van der Waals surface area contributed by atoms with E-state index < -0.39 is 34.4 Å². The molecule has 0 aromatic heterocycles. The molecule has 1 aromatic rings. The first-order chi connectivity index (χ1) is 11.8. The van der Waals surface area contributed by atoms with E-state index in [1.54, 1.807) is 6.92 Å². The number of thioether (sulfide) groups is 1. The highest BCUT2D eigenvalue weighted by molar-refractivity contribution is 7.98. The maximum absolute atomic E-state index is 12.4. The van der Waals surface area contributed by atoms with E-state index in [1.165, 1.54) is 17.8 Å². The van der Waals surface area contributed by atoms with Crippen LogP contribution in [0.25, 0.3) is 0 Å². The molecule has 10 heteroatoms. The van der Waals surface area contributed by atoms with Crippen LogP contribution in [0.1, 0.15) is 18.5 Å². The predicted octanol–water partition coefficient (Wildman–Crippen LogP) is 1.83. The van der Waals surface area contributed by atoms with Crippen LogP contribution in [0.5, 0.6) is 5.75 Å². The van der Waals surface area contributed by atoms with Gasteiger partial charge < -0.3 is 20.5 Å². The van der Waals surface area contributed by atoms with Crippen LogP contribution in [0, 0.1) is 10.1 Å². The van der Waals surface area contributed by atoms with Crippen molar-refractivity contribution in [3.05, 3.63) is 45.1 Å². The van der Waals surface area contributed by atoms with E-state index in [0.29, 0.717) is 11.4 Å². The van der Waals surface area contributed by atoms with Crippen LogP contribution in [0.4, 0.5) is 10.5 Å². The van der Waals surface area contributed by atoms with Gasteiger partial charge in [0.15, 0.2) is 5.75 Å². The van der Waals surface area contributed by atoms with E-state index in [2.05, 4.69) is 10.6 Å². The van der Waals surface area contributed by atoms with E-state index in [1.807, 2.05) is 6.26 Å². The summed E-state index contributed by atoms with van der Waals surface area (Å²) in [7, 11) is 0. The van der Waals surface area contributed by atoms with Crippen LogP contribution >= 0.6 is 11.8 Å². The van der Waals surface area contributed by atoms with Crippen LogP contribution in [0.2, 0.25) is 0 Å². The Morgan fingerprint density at radius 2 is 2.20 bits per heavy atom. The van der Waals surface area contributed by atoms with Gasteiger partial charge in [-0.05, 0) is 24.8 Å². The lowest BCUT2D eigenvalue weighted by Gasteiger charge is -2.28. The maximum Gasteiger partial charge on any atom is 0.338 e. The molecule has 1 aromatic carbocycles. The summed E-state index contributed by atoms with van der Waals surface area (Å²) in [5.41, 5.74) is 0.230. The van der Waals surface area contributed by atoms with Gasteiger partial charge in [0, 0.05) is 17.5 Å². The molecule has 0 spiro atoms. The van der Waals surface area contributed by atoms with Gasteiger partial charge in [0.2, 0.25) is 0 Å². The Hall–Kier alpha value is -2.75. The summed E-state index contributed by atoms with van der Waals surface area (Å²) in [6, 6.07) is 2.21. The fourth-order valence-electron chi connectivity index (χ4n) is 2.38. The van der Waals surface area contributed by atoms with Gasteiger partial charge in [-0.2, -0.15) is 11.8 Å². The highest BCUT2D eigenvalue weighted by Crippen LogP contribution is 2.33. The number of benzene rings is 1. The molecule has 0 bridgehead atoms. The van der Waals surface area contributed by atoms with Crippen molar-refractivity contribution in [2.24, 2.45) is 0 Å². The molecule has 2 rings (SSSR count). The number of ether oxygens (including phenoxy) is 1. The molecule has 134 valence electrons. The van der Waals surface area contributed by atoms with Gasteiger partial charge in [0.1, 0.15) is 6.61 Å². The van der Waals surface area contributed by atoms with Crippen molar-refractivity contribution in [3.63, 3.8) is 0 Å². The molecule has 0 aliphatic carbocycles. The Balaban J connectivity index is 2.40. The second-order valence-corrected chi connectivity index (χ2v) is 6.19. The number of hydrogen-bond donors (Lipinski definition) is 3. The summed E-state index contributed by atoms with van der Waals surface area (Å²) in [5, 5.41) is 25.6. The molecule has 1 atom stereocenters. The lowest BCUT2D eigenvalue weighted by Crippen LogP contribution is -2.45. The standard InChI is InChI=1S/C15H17N3O6S/c1-8-12(14(20)24-5-6-25-2)13(17-15(21)16-8)9-3-4-11(19)10(7-9)18(22)23/h3-4,7,13,19H,5-6H2,1-2H3,(H2,16,17,21)/t13-/m0/s1. The van der Waals surface area contributed by atoms with E-state index >= 15 is 0 Å². The Bertz CT molecular complexity index is 749. The van der Waals surface area contributed by atoms with Crippen molar-refractivity contribution in [3.8, 4) is 5.75 Å². The molecule has 0 saturated carbocycles. The number of esters is 1. The van der Waals surface area contributed by atoms with E-state index in [4.69, 9.17) is 4.74 Å². The molecule has 0 unspecified atom stereocenters. The van der Waals surface area contributed by atoms with Crippen molar-refractivity contribution in [2.75, 3.05) is 18.6 Å². The first-order valence-electron chi connectivity index (χ1n) is 7.26. The van der Waals surface area contributed by atoms with Gasteiger partial charge >= 0.3 is 17.7 Å². The number of amides is 2. The van der Waals surface area contributed by atoms with Gasteiger partial charge in [-0.25, -0.2) is 9.59 Å². The largest absolute Gasteiger partial charge is 0.502 e. The number of nitro groups is 1. The summed E-state index contributed by atoms with van der Waals surface area (Å²) in [4.78, 5) is 34.4. The van der Waals surface area contributed by atoms with Crippen LogP contribution in [-0.2, 0) is 9.53 Å². The average molecular weight is 367 g/mol.